The molecule has 0 fully saturated rings. The minimum absolute atomic E-state index is 0.305. The monoisotopic (exact) mass is 285 g/mol. The Kier molecular flexibility index (Phi) is 4.15. The van der Waals surface area contributed by atoms with Gasteiger partial charge in [0.2, 0.25) is 6.79 Å². The Hall–Kier alpha value is -2.36. The number of hydrogen-bond acceptors (Lipinski definition) is 4. The minimum atomic E-state index is 0.305. The predicted molar refractivity (Wildman–Crippen MR) is 82.1 cm³/mol. The molecule has 0 radical (unpaired) electrons. The molecule has 1 aliphatic heterocycles. The van der Waals surface area contributed by atoms with Gasteiger partial charge >= 0.3 is 0 Å². The molecule has 110 valence electrons. The molecule has 0 saturated heterocycles. The number of nitrogens with one attached hydrogen (secondary N) is 1. The van der Waals surface area contributed by atoms with E-state index in [1.807, 2.05) is 42.5 Å². The molecule has 0 bridgehead atoms. The first-order chi connectivity index (χ1) is 10.4. The van der Waals surface area contributed by atoms with Gasteiger partial charge in [0.25, 0.3) is 0 Å². The third-order valence-corrected chi connectivity index (χ3v) is 3.27. The van der Waals surface area contributed by atoms with Gasteiger partial charge in [-0.25, -0.2) is 0 Å². The van der Waals surface area contributed by atoms with Crippen LogP contribution in [-0.4, -0.2) is 13.4 Å². The van der Waals surface area contributed by atoms with E-state index in [1.165, 1.54) is 0 Å². The smallest absolute Gasteiger partial charge is 0.231 e. The summed E-state index contributed by atoms with van der Waals surface area (Å²) in [5.41, 5.74) is 2.15. The van der Waals surface area contributed by atoms with Crippen LogP contribution in [0.15, 0.2) is 42.5 Å². The van der Waals surface area contributed by atoms with E-state index in [-0.39, 0.29) is 0 Å². The molecule has 2 aromatic rings. The van der Waals surface area contributed by atoms with E-state index in [4.69, 9.17) is 14.2 Å². The van der Waals surface area contributed by atoms with Crippen LogP contribution in [0.1, 0.15) is 18.9 Å². The molecule has 1 N–H and O–H groups in total. The number of anilines is 1. The molecule has 1 aliphatic rings. The number of hydrogen-bond donors (Lipinski definition) is 1. The lowest BCUT2D eigenvalue weighted by molar-refractivity contribution is 0.174. The van der Waals surface area contributed by atoms with Gasteiger partial charge in [-0.2, -0.15) is 0 Å². The molecule has 0 aromatic heterocycles. The van der Waals surface area contributed by atoms with Crippen LogP contribution in [0.2, 0.25) is 0 Å². The van der Waals surface area contributed by atoms with Gasteiger partial charge in [-0.05, 0) is 36.2 Å². The van der Waals surface area contributed by atoms with E-state index in [0.29, 0.717) is 13.3 Å². The highest BCUT2D eigenvalue weighted by Crippen LogP contribution is 2.33. The molecule has 0 saturated carbocycles. The van der Waals surface area contributed by atoms with Crippen LogP contribution in [0.5, 0.6) is 17.2 Å². The molecule has 0 amide bonds. The Morgan fingerprint density at radius 2 is 1.95 bits per heavy atom. The zero-order valence-corrected chi connectivity index (χ0v) is 12.1. The number of para-hydroxylation sites is 2. The highest BCUT2D eigenvalue weighted by molar-refractivity contribution is 5.56. The quantitative estimate of drug-likeness (QED) is 0.876. The fourth-order valence-electron chi connectivity index (χ4n) is 2.20. The van der Waals surface area contributed by atoms with Gasteiger partial charge in [-0.15, -0.1) is 0 Å². The van der Waals surface area contributed by atoms with Crippen LogP contribution < -0.4 is 19.5 Å². The Balaban J connectivity index is 1.67. The van der Waals surface area contributed by atoms with Crippen molar-refractivity contribution in [2.75, 3.05) is 18.7 Å². The van der Waals surface area contributed by atoms with Crippen LogP contribution in [-0.2, 0) is 6.54 Å². The molecule has 0 unspecified atom stereocenters. The van der Waals surface area contributed by atoms with Crippen LogP contribution in [0.25, 0.3) is 0 Å². The molecule has 4 nitrogen and oxygen atoms in total. The van der Waals surface area contributed by atoms with E-state index >= 15 is 0 Å². The van der Waals surface area contributed by atoms with Crippen molar-refractivity contribution in [1.82, 2.24) is 0 Å². The predicted octanol–water partition coefficient (Wildman–Crippen LogP) is 3.82. The number of ether oxygens (including phenoxy) is 3. The molecular weight excluding hydrogens is 266 g/mol. The fourth-order valence-corrected chi connectivity index (χ4v) is 2.20. The van der Waals surface area contributed by atoms with Crippen LogP contribution in [0.3, 0.4) is 0 Å². The lowest BCUT2D eigenvalue weighted by atomic mass is 10.2. The molecule has 2 aromatic carbocycles. The average Bonchev–Trinajstić information content (AvgIpc) is 2.99. The largest absolute Gasteiger partial charge is 0.491 e. The molecule has 0 aliphatic carbocycles. The number of rotatable bonds is 6. The summed E-state index contributed by atoms with van der Waals surface area (Å²) in [7, 11) is 0. The lowest BCUT2D eigenvalue weighted by Gasteiger charge is -2.13. The highest BCUT2D eigenvalue weighted by atomic mass is 16.7. The molecule has 3 rings (SSSR count). The summed E-state index contributed by atoms with van der Waals surface area (Å²) >= 11 is 0. The summed E-state index contributed by atoms with van der Waals surface area (Å²) in [5.74, 6) is 2.51. The molecule has 0 spiro atoms. The van der Waals surface area contributed by atoms with Crippen LogP contribution >= 0.6 is 0 Å². The van der Waals surface area contributed by atoms with Crippen LogP contribution in [0, 0.1) is 0 Å². The van der Waals surface area contributed by atoms with Gasteiger partial charge in [0.15, 0.2) is 11.5 Å². The maximum Gasteiger partial charge on any atom is 0.231 e. The molecule has 21 heavy (non-hydrogen) atoms. The summed E-state index contributed by atoms with van der Waals surface area (Å²) in [5, 5.41) is 3.41. The van der Waals surface area contributed by atoms with Gasteiger partial charge in [-0.1, -0.05) is 25.1 Å². The Bertz CT molecular complexity index is 613. The molecule has 1 heterocycles. The highest BCUT2D eigenvalue weighted by Gasteiger charge is 2.13. The first kappa shape index (κ1) is 13.6. The van der Waals surface area contributed by atoms with Crippen molar-refractivity contribution < 1.29 is 14.2 Å². The zero-order chi connectivity index (χ0) is 14.5. The first-order valence-corrected chi connectivity index (χ1v) is 7.21. The SMILES string of the molecule is CCCOc1ccccc1NCc1ccc2c(c1)OCO2. The van der Waals surface area contributed by atoms with Crippen molar-refractivity contribution in [1.29, 1.82) is 0 Å². The third kappa shape index (κ3) is 3.21. The Labute approximate surface area is 124 Å². The van der Waals surface area contributed by atoms with E-state index in [1.54, 1.807) is 0 Å². The van der Waals surface area contributed by atoms with Crippen molar-refractivity contribution in [3.8, 4) is 17.2 Å². The van der Waals surface area contributed by atoms with Crippen molar-refractivity contribution >= 4 is 5.69 Å². The van der Waals surface area contributed by atoms with E-state index in [0.717, 1.165) is 41.5 Å². The number of fused-ring (bicyclic) bond motifs is 1. The fraction of sp³-hybridized carbons (Fsp3) is 0.294. The van der Waals surface area contributed by atoms with Gasteiger partial charge in [0.05, 0.1) is 12.3 Å². The van der Waals surface area contributed by atoms with Crippen molar-refractivity contribution in [3.63, 3.8) is 0 Å². The normalized spacial score (nSPS) is 12.2. The van der Waals surface area contributed by atoms with E-state index < -0.39 is 0 Å². The van der Waals surface area contributed by atoms with Gasteiger partial charge in [0.1, 0.15) is 5.75 Å². The topological polar surface area (TPSA) is 39.7 Å². The second kappa shape index (κ2) is 6.39. The van der Waals surface area contributed by atoms with E-state index in [9.17, 15) is 0 Å². The summed E-state index contributed by atoms with van der Waals surface area (Å²) in [6, 6.07) is 14.0. The van der Waals surface area contributed by atoms with Gasteiger partial charge in [-0.3, -0.25) is 0 Å². The average molecular weight is 285 g/mol. The first-order valence-electron chi connectivity index (χ1n) is 7.21. The van der Waals surface area contributed by atoms with Gasteiger partial charge < -0.3 is 19.5 Å². The summed E-state index contributed by atoms with van der Waals surface area (Å²) in [6.45, 7) is 3.84. The summed E-state index contributed by atoms with van der Waals surface area (Å²) in [4.78, 5) is 0. The maximum absolute atomic E-state index is 5.74. The lowest BCUT2D eigenvalue weighted by Crippen LogP contribution is -2.03. The van der Waals surface area contributed by atoms with Crippen LogP contribution in [0.4, 0.5) is 5.69 Å². The standard InChI is InChI=1S/C17H19NO3/c1-2-9-19-15-6-4-3-5-14(15)18-11-13-7-8-16-17(10-13)21-12-20-16/h3-8,10,18H,2,9,11-12H2,1H3. The zero-order valence-electron chi connectivity index (χ0n) is 12.1. The minimum Gasteiger partial charge on any atom is -0.491 e. The van der Waals surface area contributed by atoms with Crippen molar-refractivity contribution in [3.05, 3.63) is 48.0 Å². The number of benzene rings is 2. The third-order valence-electron chi connectivity index (χ3n) is 3.27. The Morgan fingerprint density at radius 3 is 2.86 bits per heavy atom. The van der Waals surface area contributed by atoms with Gasteiger partial charge in [0, 0.05) is 6.54 Å². The summed E-state index contributed by atoms with van der Waals surface area (Å²) in [6.07, 6.45) is 0.997. The Morgan fingerprint density at radius 1 is 1.10 bits per heavy atom. The van der Waals surface area contributed by atoms with Crippen molar-refractivity contribution in [2.24, 2.45) is 0 Å². The summed E-state index contributed by atoms with van der Waals surface area (Å²) < 4.78 is 16.5. The molecular formula is C17H19NO3. The van der Waals surface area contributed by atoms with Crippen molar-refractivity contribution in [2.45, 2.75) is 19.9 Å². The second-order valence-corrected chi connectivity index (χ2v) is 4.89. The van der Waals surface area contributed by atoms with E-state index in [2.05, 4.69) is 12.2 Å². The second-order valence-electron chi connectivity index (χ2n) is 4.89. The molecule has 0 atom stereocenters. The maximum atomic E-state index is 5.74. The molecule has 4 heteroatoms.